The Kier molecular flexibility index (Phi) is 4.10. The fourth-order valence-corrected chi connectivity index (χ4v) is 2.66. The van der Waals surface area contributed by atoms with Crippen LogP contribution >= 0.6 is 0 Å². The van der Waals surface area contributed by atoms with Crippen molar-refractivity contribution in [3.05, 3.63) is 18.2 Å². The van der Waals surface area contributed by atoms with E-state index in [4.69, 9.17) is 14.7 Å². The fraction of sp³-hybridized carbons (Fsp3) is 0.333. The molecule has 2 rings (SSSR count). The van der Waals surface area contributed by atoms with Gasteiger partial charge in [-0.15, -0.1) is 0 Å². The van der Waals surface area contributed by atoms with Gasteiger partial charge >= 0.3 is 0 Å². The summed E-state index contributed by atoms with van der Waals surface area (Å²) in [6.45, 7) is 0.120. The maximum Gasteiger partial charge on any atom is 0.239 e. The van der Waals surface area contributed by atoms with Crippen molar-refractivity contribution < 1.29 is 22.7 Å². The van der Waals surface area contributed by atoms with E-state index in [0.717, 1.165) is 0 Å². The number of fused-ring (bicyclic) bond motifs is 1. The van der Waals surface area contributed by atoms with Crippen molar-refractivity contribution in [1.29, 1.82) is 5.26 Å². The Morgan fingerprint density at radius 2 is 2.10 bits per heavy atom. The summed E-state index contributed by atoms with van der Waals surface area (Å²) in [5.41, 5.74) is 0.426. The summed E-state index contributed by atoms with van der Waals surface area (Å²) in [6, 6.07) is 6.51. The van der Waals surface area contributed by atoms with E-state index < -0.39 is 21.5 Å². The van der Waals surface area contributed by atoms with E-state index in [1.807, 2.05) is 0 Å². The summed E-state index contributed by atoms with van der Waals surface area (Å²) in [4.78, 5) is 11.6. The van der Waals surface area contributed by atoms with Crippen molar-refractivity contribution in [3.63, 3.8) is 0 Å². The zero-order valence-corrected chi connectivity index (χ0v) is 11.3. The van der Waals surface area contributed by atoms with Crippen molar-refractivity contribution in [2.45, 2.75) is 6.42 Å². The summed E-state index contributed by atoms with van der Waals surface area (Å²) >= 11 is 0. The summed E-state index contributed by atoms with van der Waals surface area (Å²) < 4.78 is 33.3. The molecule has 0 bridgehead atoms. The van der Waals surface area contributed by atoms with Crippen LogP contribution in [0.3, 0.4) is 0 Å². The third-order valence-corrected chi connectivity index (χ3v) is 4.06. The SMILES string of the molecule is N#CCCS(=O)(=O)CC(=O)Nc1ccc2c(c1)OCO2. The number of nitrogens with one attached hydrogen (secondary N) is 1. The molecule has 1 aromatic carbocycles. The number of nitrogens with zero attached hydrogens (tertiary/aromatic N) is 1. The molecule has 1 amide bonds. The number of sulfone groups is 1. The number of carbonyl (C=O) groups excluding carboxylic acids is 1. The van der Waals surface area contributed by atoms with Gasteiger partial charge in [-0.25, -0.2) is 8.42 Å². The van der Waals surface area contributed by atoms with E-state index >= 15 is 0 Å². The Labute approximate surface area is 116 Å². The smallest absolute Gasteiger partial charge is 0.239 e. The number of hydrogen-bond donors (Lipinski definition) is 1. The maximum atomic E-state index is 11.6. The number of hydrogen-bond acceptors (Lipinski definition) is 6. The van der Waals surface area contributed by atoms with E-state index in [-0.39, 0.29) is 19.0 Å². The number of benzene rings is 1. The van der Waals surface area contributed by atoms with Crippen molar-refractivity contribution in [1.82, 2.24) is 0 Å². The first-order chi connectivity index (χ1) is 9.50. The maximum absolute atomic E-state index is 11.6. The minimum Gasteiger partial charge on any atom is -0.454 e. The lowest BCUT2D eigenvalue weighted by molar-refractivity contribution is -0.113. The summed E-state index contributed by atoms with van der Waals surface area (Å²) in [5, 5.41) is 10.8. The molecule has 0 radical (unpaired) electrons. The normalized spacial score (nSPS) is 12.8. The largest absolute Gasteiger partial charge is 0.454 e. The highest BCUT2D eigenvalue weighted by Gasteiger charge is 2.18. The molecule has 7 nitrogen and oxygen atoms in total. The third kappa shape index (κ3) is 3.61. The average molecular weight is 296 g/mol. The van der Waals surface area contributed by atoms with E-state index in [2.05, 4.69) is 5.32 Å². The van der Waals surface area contributed by atoms with Gasteiger partial charge in [0.1, 0.15) is 5.75 Å². The third-order valence-electron chi connectivity index (χ3n) is 2.53. The second kappa shape index (κ2) is 5.79. The standard InChI is InChI=1S/C12H12N2O5S/c13-4-1-5-20(16,17)7-12(15)14-9-2-3-10-11(6-9)19-8-18-10/h2-3,6H,1,5,7-8H2,(H,14,15). The second-order valence-electron chi connectivity index (χ2n) is 4.12. The quantitative estimate of drug-likeness (QED) is 0.856. The Bertz CT molecular complexity index is 663. The highest BCUT2D eigenvalue weighted by molar-refractivity contribution is 7.92. The Morgan fingerprint density at radius 1 is 1.35 bits per heavy atom. The molecular formula is C12H12N2O5S. The van der Waals surface area contributed by atoms with Crippen LogP contribution in [0.25, 0.3) is 0 Å². The van der Waals surface area contributed by atoms with Gasteiger partial charge in [-0.2, -0.15) is 5.26 Å². The van der Waals surface area contributed by atoms with Crippen LogP contribution in [-0.2, 0) is 14.6 Å². The number of amides is 1. The molecule has 20 heavy (non-hydrogen) atoms. The van der Waals surface area contributed by atoms with Crippen molar-refractivity contribution in [2.75, 3.05) is 23.6 Å². The molecule has 8 heteroatoms. The molecule has 1 aliphatic heterocycles. The minimum absolute atomic E-state index is 0.120. The van der Waals surface area contributed by atoms with Gasteiger partial charge in [0.25, 0.3) is 0 Å². The highest BCUT2D eigenvalue weighted by atomic mass is 32.2. The lowest BCUT2D eigenvalue weighted by Crippen LogP contribution is -2.24. The van der Waals surface area contributed by atoms with Gasteiger partial charge in [-0.05, 0) is 12.1 Å². The summed E-state index contributed by atoms with van der Waals surface area (Å²) in [7, 11) is -3.57. The molecule has 1 N–H and O–H groups in total. The van der Waals surface area contributed by atoms with Gasteiger partial charge in [0.2, 0.25) is 12.7 Å². The molecule has 1 aliphatic rings. The van der Waals surface area contributed by atoms with Gasteiger partial charge in [0.15, 0.2) is 21.3 Å². The van der Waals surface area contributed by atoms with Crippen molar-refractivity contribution in [3.8, 4) is 17.6 Å². The highest BCUT2D eigenvalue weighted by Crippen LogP contribution is 2.34. The fourth-order valence-electron chi connectivity index (χ4n) is 1.64. The van der Waals surface area contributed by atoms with Crippen molar-refractivity contribution >= 4 is 21.4 Å². The minimum atomic E-state index is -3.57. The lowest BCUT2D eigenvalue weighted by atomic mass is 10.3. The van der Waals surface area contributed by atoms with Gasteiger partial charge < -0.3 is 14.8 Å². The number of anilines is 1. The van der Waals surface area contributed by atoms with E-state index in [1.165, 1.54) is 0 Å². The second-order valence-corrected chi connectivity index (χ2v) is 6.30. The average Bonchev–Trinajstić information content (AvgIpc) is 2.83. The Morgan fingerprint density at radius 3 is 2.85 bits per heavy atom. The Balaban J connectivity index is 1.97. The molecule has 0 spiro atoms. The molecule has 1 heterocycles. The van der Waals surface area contributed by atoms with Crippen LogP contribution in [0, 0.1) is 11.3 Å². The summed E-state index contributed by atoms with van der Waals surface area (Å²) in [5.74, 6) is -0.553. The lowest BCUT2D eigenvalue weighted by Gasteiger charge is -2.06. The molecule has 106 valence electrons. The van der Waals surface area contributed by atoms with E-state index in [0.29, 0.717) is 17.2 Å². The number of carbonyl (C=O) groups is 1. The molecule has 0 saturated carbocycles. The van der Waals surface area contributed by atoms with Crippen LogP contribution in [0.2, 0.25) is 0 Å². The number of rotatable bonds is 5. The van der Waals surface area contributed by atoms with Gasteiger partial charge in [0.05, 0.1) is 11.8 Å². The van der Waals surface area contributed by atoms with E-state index in [9.17, 15) is 13.2 Å². The predicted octanol–water partition coefficient (Wildman–Crippen LogP) is 0.682. The van der Waals surface area contributed by atoms with Crippen LogP contribution in [-0.4, -0.2) is 32.6 Å². The zero-order chi connectivity index (χ0) is 14.6. The van der Waals surface area contributed by atoms with Crippen LogP contribution in [0.1, 0.15) is 6.42 Å². The van der Waals surface area contributed by atoms with Gasteiger partial charge in [0, 0.05) is 18.2 Å². The monoisotopic (exact) mass is 296 g/mol. The van der Waals surface area contributed by atoms with Crippen LogP contribution in [0.4, 0.5) is 5.69 Å². The summed E-state index contributed by atoms with van der Waals surface area (Å²) in [6.07, 6.45) is -0.125. The molecule has 0 unspecified atom stereocenters. The number of nitriles is 1. The van der Waals surface area contributed by atoms with Gasteiger partial charge in [-0.1, -0.05) is 0 Å². The predicted molar refractivity (Wildman–Crippen MR) is 70.1 cm³/mol. The molecule has 0 fully saturated rings. The molecule has 0 saturated heterocycles. The van der Waals surface area contributed by atoms with Gasteiger partial charge in [-0.3, -0.25) is 4.79 Å². The van der Waals surface area contributed by atoms with Crippen molar-refractivity contribution in [2.24, 2.45) is 0 Å². The topological polar surface area (TPSA) is 105 Å². The first-order valence-electron chi connectivity index (χ1n) is 5.77. The zero-order valence-electron chi connectivity index (χ0n) is 10.5. The molecular weight excluding hydrogens is 284 g/mol. The van der Waals surface area contributed by atoms with E-state index in [1.54, 1.807) is 24.3 Å². The van der Waals surface area contributed by atoms with Crippen LogP contribution in [0.5, 0.6) is 11.5 Å². The Hall–Kier alpha value is -2.27. The number of ether oxygens (including phenoxy) is 2. The van der Waals surface area contributed by atoms with Crippen LogP contribution in [0.15, 0.2) is 18.2 Å². The molecule has 1 aromatic rings. The molecule has 0 atom stereocenters. The first-order valence-corrected chi connectivity index (χ1v) is 7.59. The molecule has 0 aliphatic carbocycles. The molecule has 0 aromatic heterocycles. The first kappa shape index (κ1) is 14.1. The van der Waals surface area contributed by atoms with Crippen LogP contribution < -0.4 is 14.8 Å².